The average Bonchev–Trinajstić information content (AvgIpc) is 2.91. The second kappa shape index (κ2) is 5.33. The molecule has 1 atom stereocenters. The number of benzene rings is 1. The molecule has 1 aliphatic rings. The molecule has 1 amide bonds. The van der Waals surface area contributed by atoms with E-state index in [2.05, 4.69) is 4.98 Å². The van der Waals surface area contributed by atoms with E-state index >= 15 is 0 Å². The number of rotatable bonds is 3. The van der Waals surface area contributed by atoms with Crippen molar-refractivity contribution in [1.29, 1.82) is 0 Å². The number of para-hydroxylation sites is 1. The van der Waals surface area contributed by atoms with Crippen molar-refractivity contribution < 1.29 is 9.53 Å². The molecule has 1 aromatic heterocycles. The molecule has 1 unspecified atom stereocenters. The Kier molecular flexibility index (Phi) is 3.37. The fraction of sp³-hybridized carbons (Fsp3) is 0.250. The monoisotopic (exact) mass is 268 g/mol. The second-order valence-electron chi connectivity index (χ2n) is 4.97. The number of hydrogen-bond acceptors (Lipinski definition) is 3. The first kappa shape index (κ1) is 12.7. The molecule has 0 radical (unpaired) electrons. The molecule has 0 spiro atoms. The zero-order valence-electron chi connectivity index (χ0n) is 11.3. The van der Waals surface area contributed by atoms with Gasteiger partial charge in [0.2, 0.25) is 0 Å². The number of nitrogens with zero attached hydrogens (tertiary/aromatic N) is 2. The van der Waals surface area contributed by atoms with Gasteiger partial charge in [0.15, 0.2) is 6.10 Å². The summed E-state index contributed by atoms with van der Waals surface area (Å²) in [5.74, 6) is 0.825. The Morgan fingerprint density at radius 1 is 1.35 bits per heavy atom. The highest BCUT2D eigenvalue weighted by Crippen LogP contribution is 2.28. The van der Waals surface area contributed by atoms with Crippen molar-refractivity contribution in [3.8, 4) is 5.75 Å². The van der Waals surface area contributed by atoms with Crippen LogP contribution in [-0.4, -0.2) is 28.9 Å². The normalized spacial score (nSPS) is 16.4. The van der Waals surface area contributed by atoms with Gasteiger partial charge >= 0.3 is 0 Å². The van der Waals surface area contributed by atoms with Gasteiger partial charge in [-0.25, -0.2) is 0 Å². The molecule has 1 aliphatic heterocycles. The van der Waals surface area contributed by atoms with E-state index in [1.54, 1.807) is 24.3 Å². The molecular formula is C16H16N2O2. The Hall–Kier alpha value is -2.36. The largest absolute Gasteiger partial charge is 0.480 e. The Morgan fingerprint density at radius 2 is 2.20 bits per heavy atom. The standard InChI is InChI=1S/C16H16N2O2/c1-18(11-12-5-4-8-17-10-12)16(19)15-9-13-6-2-3-7-14(13)20-15/h2-8,10,15H,9,11H2,1H3. The summed E-state index contributed by atoms with van der Waals surface area (Å²) in [6.07, 6.45) is 3.73. The highest BCUT2D eigenvalue weighted by Gasteiger charge is 2.30. The molecule has 0 N–H and O–H groups in total. The summed E-state index contributed by atoms with van der Waals surface area (Å²) in [6, 6.07) is 11.6. The van der Waals surface area contributed by atoms with Crippen LogP contribution in [0.2, 0.25) is 0 Å². The van der Waals surface area contributed by atoms with Crippen LogP contribution in [0.25, 0.3) is 0 Å². The number of fused-ring (bicyclic) bond motifs is 1. The number of likely N-dealkylation sites (N-methyl/N-ethyl adjacent to an activating group) is 1. The molecule has 2 heterocycles. The minimum atomic E-state index is -0.408. The fourth-order valence-electron chi connectivity index (χ4n) is 2.41. The van der Waals surface area contributed by atoms with Crippen molar-refractivity contribution in [2.24, 2.45) is 0 Å². The molecule has 102 valence electrons. The maximum atomic E-state index is 12.4. The van der Waals surface area contributed by atoms with Crippen molar-refractivity contribution in [2.45, 2.75) is 19.1 Å². The number of hydrogen-bond donors (Lipinski definition) is 0. The minimum Gasteiger partial charge on any atom is -0.480 e. The van der Waals surface area contributed by atoms with E-state index < -0.39 is 6.10 Å². The van der Waals surface area contributed by atoms with Crippen LogP contribution in [0.1, 0.15) is 11.1 Å². The second-order valence-corrected chi connectivity index (χ2v) is 4.97. The number of carbonyl (C=O) groups is 1. The smallest absolute Gasteiger partial charge is 0.264 e. The van der Waals surface area contributed by atoms with Crippen LogP contribution in [-0.2, 0) is 17.8 Å². The van der Waals surface area contributed by atoms with Gasteiger partial charge in [-0.05, 0) is 23.3 Å². The third-order valence-corrected chi connectivity index (χ3v) is 3.44. The molecule has 3 rings (SSSR count). The Balaban J connectivity index is 1.66. The lowest BCUT2D eigenvalue weighted by Crippen LogP contribution is -2.38. The third-order valence-electron chi connectivity index (χ3n) is 3.44. The summed E-state index contributed by atoms with van der Waals surface area (Å²) in [6.45, 7) is 0.545. The quantitative estimate of drug-likeness (QED) is 0.855. The maximum absolute atomic E-state index is 12.4. The minimum absolute atomic E-state index is 0.00468. The molecule has 0 saturated heterocycles. The van der Waals surface area contributed by atoms with Gasteiger partial charge in [0, 0.05) is 32.4 Å². The Labute approximate surface area is 118 Å². The van der Waals surface area contributed by atoms with Gasteiger partial charge in [-0.15, -0.1) is 0 Å². The SMILES string of the molecule is CN(Cc1cccnc1)C(=O)C1Cc2ccccc2O1. The summed E-state index contributed by atoms with van der Waals surface area (Å²) < 4.78 is 5.72. The van der Waals surface area contributed by atoms with Gasteiger partial charge in [-0.1, -0.05) is 24.3 Å². The summed E-state index contributed by atoms with van der Waals surface area (Å²) in [4.78, 5) is 18.1. The van der Waals surface area contributed by atoms with Crippen LogP contribution in [0, 0.1) is 0 Å². The summed E-state index contributed by atoms with van der Waals surface area (Å²) in [7, 11) is 1.79. The van der Waals surface area contributed by atoms with Crippen LogP contribution >= 0.6 is 0 Å². The predicted molar refractivity (Wildman–Crippen MR) is 75.3 cm³/mol. The van der Waals surface area contributed by atoms with Crippen LogP contribution in [0.3, 0.4) is 0 Å². The van der Waals surface area contributed by atoms with Crippen LogP contribution in [0.5, 0.6) is 5.75 Å². The lowest BCUT2D eigenvalue weighted by atomic mass is 10.1. The fourth-order valence-corrected chi connectivity index (χ4v) is 2.41. The molecule has 4 heteroatoms. The van der Waals surface area contributed by atoms with Crippen molar-refractivity contribution in [3.63, 3.8) is 0 Å². The van der Waals surface area contributed by atoms with Crippen molar-refractivity contribution >= 4 is 5.91 Å². The number of carbonyl (C=O) groups excluding carboxylic acids is 1. The van der Waals surface area contributed by atoms with E-state index in [-0.39, 0.29) is 5.91 Å². The third kappa shape index (κ3) is 2.50. The molecule has 20 heavy (non-hydrogen) atoms. The molecule has 4 nitrogen and oxygen atoms in total. The first-order valence-corrected chi connectivity index (χ1v) is 6.62. The van der Waals surface area contributed by atoms with Crippen molar-refractivity contribution in [3.05, 3.63) is 59.9 Å². The zero-order valence-corrected chi connectivity index (χ0v) is 11.3. The van der Waals surface area contributed by atoms with Crippen LogP contribution in [0.15, 0.2) is 48.8 Å². The molecular weight excluding hydrogens is 252 g/mol. The van der Waals surface area contributed by atoms with E-state index in [0.717, 1.165) is 16.9 Å². The van der Waals surface area contributed by atoms with Gasteiger partial charge in [0.1, 0.15) is 5.75 Å². The van der Waals surface area contributed by atoms with E-state index in [1.807, 2.05) is 36.4 Å². The zero-order chi connectivity index (χ0) is 13.9. The van der Waals surface area contributed by atoms with E-state index in [1.165, 1.54) is 0 Å². The summed E-state index contributed by atoms with van der Waals surface area (Å²) in [5, 5.41) is 0. The molecule has 0 bridgehead atoms. The van der Waals surface area contributed by atoms with Crippen molar-refractivity contribution in [1.82, 2.24) is 9.88 Å². The highest BCUT2D eigenvalue weighted by atomic mass is 16.5. The molecule has 0 fully saturated rings. The number of ether oxygens (including phenoxy) is 1. The number of aromatic nitrogens is 1. The Bertz CT molecular complexity index is 588. The first-order chi connectivity index (χ1) is 9.74. The summed E-state index contributed by atoms with van der Waals surface area (Å²) >= 11 is 0. The maximum Gasteiger partial charge on any atom is 0.264 e. The predicted octanol–water partition coefficient (Wildman–Crippen LogP) is 2.04. The molecule has 2 aromatic rings. The van der Waals surface area contributed by atoms with Gasteiger partial charge in [-0.3, -0.25) is 9.78 Å². The number of pyridine rings is 1. The molecule has 0 aliphatic carbocycles. The number of amides is 1. The lowest BCUT2D eigenvalue weighted by Gasteiger charge is -2.20. The van der Waals surface area contributed by atoms with Crippen molar-refractivity contribution in [2.75, 3.05) is 7.05 Å². The van der Waals surface area contributed by atoms with Gasteiger partial charge < -0.3 is 9.64 Å². The molecule has 1 aromatic carbocycles. The van der Waals surface area contributed by atoms with Crippen LogP contribution in [0.4, 0.5) is 0 Å². The topological polar surface area (TPSA) is 42.4 Å². The summed E-state index contributed by atoms with van der Waals surface area (Å²) in [5.41, 5.74) is 2.11. The van der Waals surface area contributed by atoms with Crippen LogP contribution < -0.4 is 4.74 Å². The lowest BCUT2D eigenvalue weighted by molar-refractivity contribution is -0.137. The van der Waals surface area contributed by atoms with E-state index in [0.29, 0.717) is 13.0 Å². The van der Waals surface area contributed by atoms with Gasteiger partial charge in [0.25, 0.3) is 5.91 Å². The van der Waals surface area contributed by atoms with E-state index in [9.17, 15) is 4.79 Å². The average molecular weight is 268 g/mol. The van der Waals surface area contributed by atoms with Gasteiger partial charge in [0.05, 0.1) is 0 Å². The van der Waals surface area contributed by atoms with Gasteiger partial charge in [-0.2, -0.15) is 0 Å². The van der Waals surface area contributed by atoms with E-state index in [4.69, 9.17) is 4.74 Å². The Morgan fingerprint density at radius 3 is 2.95 bits per heavy atom. The molecule has 0 saturated carbocycles. The first-order valence-electron chi connectivity index (χ1n) is 6.62. The highest BCUT2D eigenvalue weighted by molar-refractivity contribution is 5.82.